The molecule has 0 heterocycles. The van der Waals surface area contributed by atoms with Crippen LogP contribution in [-0.2, 0) is 22.9 Å². The van der Waals surface area contributed by atoms with E-state index in [2.05, 4.69) is 9.05 Å². The second-order valence-electron chi connectivity index (χ2n) is 7.12. The monoisotopic (exact) mass is 494 g/mol. The summed E-state index contributed by atoms with van der Waals surface area (Å²) < 4.78 is 35.6. The Labute approximate surface area is 263 Å². The van der Waals surface area contributed by atoms with Crippen molar-refractivity contribution in [2.75, 3.05) is 13.2 Å². The molecule has 0 aliphatic rings. The van der Waals surface area contributed by atoms with Crippen molar-refractivity contribution in [1.82, 2.24) is 0 Å². The van der Waals surface area contributed by atoms with Crippen molar-refractivity contribution < 1.29 is 161 Å². The fourth-order valence-electron chi connectivity index (χ4n) is 2.31. The van der Waals surface area contributed by atoms with Crippen LogP contribution in [0.2, 0.25) is 0 Å². The molecule has 0 spiro atoms. The van der Waals surface area contributed by atoms with E-state index in [9.17, 15) is 28.7 Å². The maximum Gasteiger partial charge on any atom is 1.00 e. The van der Waals surface area contributed by atoms with Crippen LogP contribution in [0.25, 0.3) is 0 Å². The molecule has 15 heteroatoms. The van der Waals surface area contributed by atoms with Gasteiger partial charge in [0, 0.05) is 13.2 Å². The molecule has 9 nitrogen and oxygen atoms in total. The Bertz CT molecular complexity index is 442. The number of unbranched alkanes of at least 4 members (excludes halogenated alkanes) is 2. The molecule has 29 heavy (non-hydrogen) atoms. The Hall–Kier alpha value is 4.18. The fraction of sp³-hybridized carbons (Fsp3) is 1.00. The number of rotatable bonds is 14. The number of hydrogen-bond donors (Lipinski definition) is 0. The first kappa shape index (κ1) is 43.3. The Morgan fingerprint density at radius 2 is 0.897 bits per heavy atom. The van der Waals surface area contributed by atoms with Crippen LogP contribution in [0.1, 0.15) is 66.2 Å². The van der Waals surface area contributed by atoms with E-state index >= 15 is 0 Å². The van der Waals surface area contributed by atoms with E-state index in [-0.39, 0.29) is 118 Å². The first-order valence-electron chi connectivity index (χ1n) is 8.15. The Kier molecular flexibility index (Phi) is 30.4. The topological polar surface area (TPSA) is 154 Å². The van der Waals surface area contributed by atoms with Crippen molar-refractivity contribution in [3.05, 3.63) is 0 Å². The number of ether oxygens (including phenoxy) is 1. The van der Waals surface area contributed by atoms with E-state index in [1.165, 1.54) is 0 Å². The van der Waals surface area contributed by atoms with Gasteiger partial charge in [0.2, 0.25) is 0 Å². The maximum atomic E-state index is 10.6. The molecule has 0 aromatic rings. The molecule has 0 saturated carbocycles. The predicted molar refractivity (Wildman–Crippen MR) is 84.1 cm³/mol. The summed E-state index contributed by atoms with van der Waals surface area (Å²) >= 11 is 0. The molecule has 0 aromatic heterocycles. The third kappa shape index (κ3) is 32.2. The second-order valence-corrected chi connectivity index (χ2v) is 9.28. The smallest absolute Gasteiger partial charge is 0.790 e. The first-order valence-corrected chi connectivity index (χ1v) is 11.1. The molecule has 0 rings (SSSR count). The van der Waals surface area contributed by atoms with Gasteiger partial charge >= 0.3 is 118 Å². The third-order valence-corrected chi connectivity index (χ3v) is 4.79. The minimum absolute atomic E-state index is 0. The van der Waals surface area contributed by atoms with Crippen molar-refractivity contribution >= 4 is 15.6 Å². The van der Waals surface area contributed by atoms with Gasteiger partial charge in [0.15, 0.2) is 0 Å². The van der Waals surface area contributed by atoms with Crippen LogP contribution in [0.3, 0.4) is 0 Å². The Morgan fingerprint density at radius 3 is 1.14 bits per heavy atom. The SMILES string of the molecule is CC(C)(CCCCOCCCCC(C)(C)OP(=O)([O-])[O-])OP(=O)([O-])[O-].[Na+].[Na+].[Na+].[Na+]. The first-order chi connectivity index (χ1) is 11.1. The molecule has 0 saturated heterocycles. The predicted octanol–water partition coefficient (Wildman–Crippen LogP) is -11.4. The number of phosphoric acid groups is 2. The van der Waals surface area contributed by atoms with Gasteiger partial charge in [-0.3, -0.25) is 0 Å². The molecule has 0 aromatic carbocycles. The average Bonchev–Trinajstić information content (AvgIpc) is 2.30. The van der Waals surface area contributed by atoms with Crippen LogP contribution in [0, 0.1) is 0 Å². The Morgan fingerprint density at radius 1 is 0.621 bits per heavy atom. The largest absolute Gasteiger partial charge is 1.00 e. The average molecular weight is 494 g/mol. The van der Waals surface area contributed by atoms with Crippen molar-refractivity contribution in [1.29, 1.82) is 0 Å². The number of hydrogen-bond acceptors (Lipinski definition) is 9. The van der Waals surface area contributed by atoms with Gasteiger partial charge in [0.25, 0.3) is 0 Å². The van der Waals surface area contributed by atoms with Crippen molar-refractivity contribution in [3.8, 4) is 0 Å². The van der Waals surface area contributed by atoms with Crippen LogP contribution in [0.15, 0.2) is 0 Å². The van der Waals surface area contributed by atoms with E-state index in [0.29, 0.717) is 51.7 Å². The van der Waals surface area contributed by atoms with Crippen molar-refractivity contribution in [2.24, 2.45) is 0 Å². The van der Waals surface area contributed by atoms with Gasteiger partial charge in [0.05, 0.1) is 26.8 Å². The summed E-state index contributed by atoms with van der Waals surface area (Å²) in [6.45, 7) is 7.15. The van der Waals surface area contributed by atoms with Crippen molar-refractivity contribution in [3.63, 3.8) is 0 Å². The van der Waals surface area contributed by atoms with E-state index in [0.717, 1.165) is 0 Å². The zero-order chi connectivity index (χ0) is 19.8. The van der Waals surface area contributed by atoms with Crippen LogP contribution in [-0.4, -0.2) is 24.4 Å². The molecule has 0 atom stereocenters. The summed E-state index contributed by atoms with van der Waals surface area (Å²) in [6, 6.07) is 0. The normalized spacial score (nSPS) is 12.1. The van der Waals surface area contributed by atoms with Crippen LogP contribution in [0.5, 0.6) is 0 Å². The summed E-state index contributed by atoms with van der Waals surface area (Å²) in [4.78, 5) is 42.4. The van der Waals surface area contributed by atoms with Crippen LogP contribution >= 0.6 is 15.6 Å². The van der Waals surface area contributed by atoms with Gasteiger partial charge in [-0.25, -0.2) is 0 Å². The molecule has 0 fully saturated rings. The third-order valence-electron chi connectivity index (χ3n) is 3.35. The maximum absolute atomic E-state index is 10.6. The van der Waals surface area contributed by atoms with Gasteiger partial charge in [-0.05, 0) is 66.2 Å². The Balaban J connectivity index is -0.000000480. The molecule has 0 bridgehead atoms. The minimum Gasteiger partial charge on any atom is -0.790 e. The van der Waals surface area contributed by atoms with E-state index in [1.807, 2.05) is 0 Å². The summed E-state index contributed by atoms with van der Waals surface area (Å²) in [7, 11) is -9.97. The van der Waals surface area contributed by atoms with Gasteiger partial charge in [-0.15, -0.1) is 0 Å². The van der Waals surface area contributed by atoms with Gasteiger partial charge in [-0.2, -0.15) is 0 Å². The summed E-state index contributed by atoms with van der Waals surface area (Å²) in [5.41, 5.74) is -2.04. The number of phosphoric ester groups is 2. The zero-order valence-electron chi connectivity index (χ0n) is 19.2. The molecule has 0 radical (unpaired) electrons. The van der Waals surface area contributed by atoms with E-state index in [1.54, 1.807) is 27.7 Å². The molecular formula is C14H28Na4O9P2. The van der Waals surface area contributed by atoms with Gasteiger partial charge < -0.3 is 42.5 Å². The molecule has 0 unspecified atom stereocenters. The molecule has 0 N–H and O–H groups in total. The molecule has 0 aliphatic carbocycles. The molecular weight excluding hydrogens is 466 g/mol. The fourth-order valence-corrected chi connectivity index (χ4v) is 3.70. The summed E-state index contributed by atoms with van der Waals surface area (Å²) in [5.74, 6) is 0. The standard InChI is InChI=1S/C14H32O9P2.4Na/c1-13(2,22-24(15,16)17)9-5-7-11-21-12-8-6-10-14(3,4)23-25(18,19)20;;;;/h5-12H2,1-4H3,(H2,15,16,17)(H2,18,19,20);;;;/q;4*+1/p-4. The van der Waals surface area contributed by atoms with Crippen LogP contribution in [0.4, 0.5) is 0 Å². The molecule has 0 aliphatic heterocycles. The molecule has 0 amide bonds. The molecule has 152 valence electrons. The summed E-state index contributed by atoms with van der Waals surface area (Å²) in [6.07, 6.45) is 3.52. The van der Waals surface area contributed by atoms with E-state index < -0.39 is 26.8 Å². The second kappa shape index (κ2) is 20.4. The van der Waals surface area contributed by atoms with Gasteiger partial charge in [-0.1, -0.05) is 0 Å². The van der Waals surface area contributed by atoms with Crippen molar-refractivity contribution in [2.45, 2.75) is 77.4 Å². The van der Waals surface area contributed by atoms with Crippen LogP contribution < -0.4 is 138 Å². The summed E-state index contributed by atoms with van der Waals surface area (Å²) in [5, 5.41) is 0. The quantitative estimate of drug-likeness (QED) is 0.130. The zero-order valence-corrected chi connectivity index (χ0v) is 29.0. The van der Waals surface area contributed by atoms with Gasteiger partial charge in [0.1, 0.15) is 0 Å². The van der Waals surface area contributed by atoms with E-state index in [4.69, 9.17) is 4.74 Å². The minimum atomic E-state index is -4.99.